The van der Waals surface area contributed by atoms with Crippen LogP contribution in [-0.2, 0) is 9.53 Å². The van der Waals surface area contributed by atoms with Crippen LogP contribution in [0.25, 0.3) is 0 Å². The van der Waals surface area contributed by atoms with Gasteiger partial charge in [0.15, 0.2) is 0 Å². The van der Waals surface area contributed by atoms with Gasteiger partial charge in [-0.2, -0.15) is 0 Å². The first-order chi connectivity index (χ1) is 7.74. The number of hydrogen-bond donors (Lipinski definition) is 1. The minimum Gasteiger partial charge on any atom is -0.463 e. The van der Waals surface area contributed by atoms with Crippen molar-refractivity contribution in [2.45, 2.75) is 13.8 Å². The lowest BCUT2D eigenvalue weighted by atomic mass is 10.3. The number of carbonyl (C=O) groups excluding carboxylic acids is 1. The van der Waals surface area contributed by atoms with Gasteiger partial charge in [0.05, 0.1) is 6.61 Å². The highest BCUT2D eigenvalue weighted by molar-refractivity contribution is 5.81. The molecule has 1 aromatic carbocycles. The number of rotatable bonds is 4. The molecule has 0 spiro atoms. The third-order valence-electron chi connectivity index (χ3n) is 1.61. The van der Waals surface area contributed by atoms with E-state index in [0.717, 1.165) is 12.6 Å². The van der Waals surface area contributed by atoms with Crippen molar-refractivity contribution in [1.82, 2.24) is 0 Å². The van der Waals surface area contributed by atoms with E-state index in [1.54, 1.807) is 6.92 Å². The molecule has 1 rings (SSSR count). The van der Waals surface area contributed by atoms with E-state index in [1.807, 2.05) is 18.2 Å². The monoisotopic (exact) mass is 221 g/mol. The smallest absolute Gasteiger partial charge is 0.330 e. The number of para-hydroxylation sites is 1. The number of benzene rings is 1. The Morgan fingerprint density at radius 3 is 2.38 bits per heavy atom. The van der Waals surface area contributed by atoms with E-state index in [9.17, 15) is 4.79 Å². The molecule has 0 unspecified atom stereocenters. The summed E-state index contributed by atoms with van der Waals surface area (Å²) in [5.41, 5.74) is 1.19. The fourth-order valence-corrected chi connectivity index (χ4v) is 0.961. The second-order valence-corrected chi connectivity index (χ2v) is 2.85. The summed E-state index contributed by atoms with van der Waals surface area (Å²) in [6, 6.07) is 10.2. The molecule has 0 bridgehead atoms. The molecule has 0 heterocycles. The van der Waals surface area contributed by atoms with Crippen LogP contribution in [0.3, 0.4) is 0 Å². The van der Waals surface area contributed by atoms with Crippen molar-refractivity contribution in [3.05, 3.63) is 43.0 Å². The molecule has 0 aromatic heterocycles. The largest absolute Gasteiger partial charge is 0.463 e. The van der Waals surface area contributed by atoms with E-state index < -0.39 is 0 Å². The van der Waals surface area contributed by atoms with Gasteiger partial charge in [0.2, 0.25) is 0 Å². The summed E-state index contributed by atoms with van der Waals surface area (Å²) in [6.45, 7) is 8.46. The number of anilines is 1. The maximum atomic E-state index is 10.1. The Hall–Kier alpha value is -1.77. The summed E-state index contributed by atoms with van der Waals surface area (Å²) in [5.74, 6) is -0.359. The van der Waals surface area contributed by atoms with Crippen molar-refractivity contribution in [2.24, 2.45) is 0 Å². The van der Waals surface area contributed by atoms with Gasteiger partial charge >= 0.3 is 5.97 Å². The van der Waals surface area contributed by atoms with E-state index in [1.165, 1.54) is 5.69 Å². The molecular formula is C13H19NO2. The molecule has 3 nitrogen and oxygen atoms in total. The average molecular weight is 221 g/mol. The van der Waals surface area contributed by atoms with Crippen LogP contribution in [0, 0.1) is 0 Å². The first kappa shape index (κ1) is 14.2. The Labute approximate surface area is 97.1 Å². The molecule has 0 atom stereocenters. The standard InChI is InChI=1S/C8H11N.C5H8O2/c1-2-9-8-6-4-3-5-7-8;1-3-5(6)7-4-2/h3-7,9H,2H2,1H3;3H,1,4H2,2H3. The highest BCUT2D eigenvalue weighted by atomic mass is 16.5. The molecule has 0 fully saturated rings. The predicted molar refractivity (Wildman–Crippen MR) is 67.4 cm³/mol. The number of hydrogen-bond acceptors (Lipinski definition) is 3. The van der Waals surface area contributed by atoms with Crippen LogP contribution in [0.2, 0.25) is 0 Å². The maximum Gasteiger partial charge on any atom is 0.330 e. The second kappa shape index (κ2) is 9.77. The second-order valence-electron chi connectivity index (χ2n) is 2.85. The number of nitrogens with one attached hydrogen (secondary N) is 1. The number of carbonyl (C=O) groups is 1. The van der Waals surface area contributed by atoms with Crippen molar-refractivity contribution < 1.29 is 9.53 Å². The molecule has 0 aliphatic rings. The summed E-state index contributed by atoms with van der Waals surface area (Å²) in [6.07, 6.45) is 1.14. The number of esters is 1. The van der Waals surface area contributed by atoms with Crippen molar-refractivity contribution in [3.8, 4) is 0 Å². The zero-order chi connectivity index (χ0) is 12.2. The summed E-state index contributed by atoms with van der Waals surface area (Å²) >= 11 is 0. The van der Waals surface area contributed by atoms with E-state index >= 15 is 0 Å². The quantitative estimate of drug-likeness (QED) is 0.627. The van der Waals surface area contributed by atoms with Crippen LogP contribution in [0.1, 0.15) is 13.8 Å². The fraction of sp³-hybridized carbons (Fsp3) is 0.308. The van der Waals surface area contributed by atoms with Crippen LogP contribution in [-0.4, -0.2) is 19.1 Å². The molecule has 0 amide bonds. The van der Waals surface area contributed by atoms with Crippen molar-refractivity contribution in [3.63, 3.8) is 0 Å². The first-order valence-electron chi connectivity index (χ1n) is 5.32. The normalized spacial score (nSPS) is 8.38. The van der Waals surface area contributed by atoms with E-state index in [4.69, 9.17) is 0 Å². The van der Waals surface area contributed by atoms with Gasteiger partial charge in [-0.15, -0.1) is 0 Å². The van der Waals surface area contributed by atoms with Gasteiger partial charge in [0.1, 0.15) is 0 Å². The van der Waals surface area contributed by atoms with Gasteiger partial charge in [-0.3, -0.25) is 0 Å². The SMILES string of the molecule is C=CC(=O)OCC.CCNc1ccccc1. The lowest BCUT2D eigenvalue weighted by molar-refractivity contribution is -0.137. The van der Waals surface area contributed by atoms with Gasteiger partial charge in [-0.05, 0) is 26.0 Å². The van der Waals surface area contributed by atoms with E-state index in [2.05, 4.69) is 35.7 Å². The maximum absolute atomic E-state index is 10.1. The Balaban J connectivity index is 0.000000293. The summed E-state index contributed by atoms with van der Waals surface area (Å²) in [4.78, 5) is 10.1. The molecule has 1 aromatic rings. The lowest BCUT2D eigenvalue weighted by Crippen LogP contribution is -1.97. The zero-order valence-electron chi connectivity index (χ0n) is 9.90. The fourth-order valence-electron chi connectivity index (χ4n) is 0.961. The van der Waals surface area contributed by atoms with E-state index in [0.29, 0.717) is 6.61 Å². The molecule has 3 heteroatoms. The Morgan fingerprint density at radius 1 is 1.38 bits per heavy atom. The van der Waals surface area contributed by atoms with Crippen LogP contribution in [0.4, 0.5) is 5.69 Å². The zero-order valence-corrected chi connectivity index (χ0v) is 9.90. The van der Waals surface area contributed by atoms with Crippen molar-refractivity contribution in [2.75, 3.05) is 18.5 Å². The molecule has 0 aliphatic heterocycles. The third kappa shape index (κ3) is 7.62. The molecule has 0 radical (unpaired) electrons. The molecule has 16 heavy (non-hydrogen) atoms. The minimum atomic E-state index is -0.359. The summed E-state index contributed by atoms with van der Waals surface area (Å²) in [7, 11) is 0. The Morgan fingerprint density at radius 2 is 2.00 bits per heavy atom. The van der Waals surface area contributed by atoms with Gasteiger partial charge in [-0.25, -0.2) is 4.79 Å². The van der Waals surface area contributed by atoms with Gasteiger partial charge in [0.25, 0.3) is 0 Å². The average Bonchev–Trinajstić information content (AvgIpc) is 2.32. The molecule has 88 valence electrons. The third-order valence-corrected chi connectivity index (χ3v) is 1.61. The molecule has 0 saturated carbocycles. The van der Waals surface area contributed by atoms with E-state index in [-0.39, 0.29) is 5.97 Å². The predicted octanol–water partition coefficient (Wildman–Crippen LogP) is 2.85. The van der Waals surface area contributed by atoms with Crippen LogP contribution in [0.5, 0.6) is 0 Å². The number of ether oxygens (including phenoxy) is 1. The lowest BCUT2D eigenvalue weighted by Gasteiger charge is -1.99. The highest BCUT2D eigenvalue weighted by Gasteiger charge is 1.86. The summed E-state index contributed by atoms with van der Waals surface area (Å²) in [5, 5.41) is 3.21. The molecule has 0 saturated heterocycles. The Kier molecular flexibility index (Phi) is 8.69. The van der Waals surface area contributed by atoms with Gasteiger partial charge < -0.3 is 10.1 Å². The van der Waals surface area contributed by atoms with Gasteiger partial charge in [0, 0.05) is 18.3 Å². The van der Waals surface area contributed by atoms with Crippen molar-refractivity contribution in [1.29, 1.82) is 0 Å². The topological polar surface area (TPSA) is 38.3 Å². The van der Waals surface area contributed by atoms with Crippen molar-refractivity contribution >= 4 is 11.7 Å². The molecule has 1 N–H and O–H groups in total. The Bertz CT molecular complexity index is 296. The summed E-state index contributed by atoms with van der Waals surface area (Å²) < 4.78 is 4.43. The highest BCUT2D eigenvalue weighted by Crippen LogP contribution is 2.02. The van der Waals surface area contributed by atoms with Crippen LogP contribution >= 0.6 is 0 Å². The van der Waals surface area contributed by atoms with Crippen LogP contribution in [0.15, 0.2) is 43.0 Å². The first-order valence-corrected chi connectivity index (χ1v) is 5.32. The van der Waals surface area contributed by atoms with Crippen LogP contribution < -0.4 is 5.32 Å². The van der Waals surface area contributed by atoms with Gasteiger partial charge in [-0.1, -0.05) is 24.8 Å². The minimum absolute atomic E-state index is 0.359. The molecular weight excluding hydrogens is 202 g/mol. The molecule has 0 aliphatic carbocycles.